The Morgan fingerprint density at radius 1 is 1.03 bits per heavy atom. The molecule has 0 radical (unpaired) electrons. The Morgan fingerprint density at radius 3 is 2.07 bits per heavy atom. The van der Waals surface area contributed by atoms with Crippen LogP contribution < -0.4 is 11.2 Å². The van der Waals surface area contributed by atoms with Gasteiger partial charge in [0.25, 0.3) is 0 Å². The number of carbonyl (C=O) groups excluding carboxylic acids is 2. The van der Waals surface area contributed by atoms with Crippen LogP contribution in [0.5, 0.6) is 0 Å². The fraction of sp³-hybridized carbons (Fsp3) is 0.318. The molecule has 160 valence electrons. The molecule has 0 saturated heterocycles. The highest BCUT2D eigenvalue weighted by Gasteiger charge is 2.39. The van der Waals surface area contributed by atoms with Crippen molar-refractivity contribution >= 4 is 18.0 Å². The van der Waals surface area contributed by atoms with Gasteiger partial charge < -0.3 is 15.2 Å². The largest absolute Gasteiger partial charge is 0.480 e. The van der Waals surface area contributed by atoms with Crippen LogP contribution in [0.15, 0.2) is 60.7 Å². The number of aliphatic carboxylic acids is 1. The van der Waals surface area contributed by atoms with Gasteiger partial charge in [0.15, 0.2) is 0 Å². The zero-order valence-corrected chi connectivity index (χ0v) is 17.2. The normalized spacial score (nSPS) is 13.1. The molecule has 2 aromatic rings. The van der Waals surface area contributed by atoms with Crippen molar-refractivity contribution in [3.05, 3.63) is 71.8 Å². The van der Waals surface area contributed by atoms with Gasteiger partial charge in [-0.2, -0.15) is 0 Å². The summed E-state index contributed by atoms with van der Waals surface area (Å²) in [4.78, 5) is 37.5. The molecule has 2 rings (SSSR count). The van der Waals surface area contributed by atoms with Gasteiger partial charge in [-0.25, -0.2) is 15.4 Å². The maximum Gasteiger partial charge on any atom is 0.332 e. The van der Waals surface area contributed by atoms with Crippen LogP contribution in [0.3, 0.4) is 0 Å². The zero-order chi connectivity index (χ0) is 22.3. The van der Waals surface area contributed by atoms with Crippen molar-refractivity contribution in [1.82, 2.24) is 10.3 Å². The standard InChI is InChI=1S/C22H27N3O5/c1-22(2,3)30-20(28)17(16-12-8-5-9-13-16)18(19(26)27)24-21(29)25(23)14-15-10-6-4-7-11-15/h4-13,17-18H,14,23H2,1-3H3,(H,24,29)(H,26,27)/t17?,18-/m0/s1. The smallest absolute Gasteiger partial charge is 0.332 e. The lowest BCUT2D eigenvalue weighted by Gasteiger charge is -2.29. The van der Waals surface area contributed by atoms with Crippen molar-refractivity contribution < 1.29 is 24.2 Å². The van der Waals surface area contributed by atoms with Gasteiger partial charge in [0, 0.05) is 0 Å². The van der Waals surface area contributed by atoms with E-state index in [1.807, 2.05) is 6.07 Å². The minimum absolute atomic E-state index is 0.0709. The lowest BCUT2D eigenvalue weighted by Crippen LogP contribution is -2.54. The van der Waals surface area contributed by atoms with Gasteiger partial charge in [0.05, 0.1) is 6.54 Å². The van der Waals surface area contributed by atoms with E-state index in [1.54, 1.807) is 75.4 Å². The molecular weight excluding hydrogens is 386 g/mol. The summed E-state index contributed by atoms with van der Waals surface area (Å²) < 4.78 is 5.42. The third kappa shape index (κ3) is 6.59. The first-order valence-corrected chi connectivity index (χ1v) is 9.46. The van der Waals surface area contributed by atoms with E-state index in [4.69, 9.17) is 10.6 Å². The second-order valence-electron chi connectivity index (χ2n) is 7.80. The second-order valence-corrected chi connectivity index (χ2v) is 7.80. The Balaban J connectivity index is 2.27. The highest BCUT2D eigenvalue weighted by atomic mass is 16.6. The maximum atomic E-state index is 12.9. The number of carbonyl (C=O) groups is 3. The number of hydrogen-bond donors (Lipinski definition) is 3. The molecule has 0 heterocycles. The number of carboxylic acid groups (broad SMARTS) is 1. The predicted molar refractivity (Wildman–Crippen MR) is 111 cm³/mol. The molecule has 4 N–H and O–H groups in total. The number of ether oxygens (including phenoxy) is 1. The van der Waals surface area contributed by atoms with Gasteiger partial charge >= 0.3 is 18.0 Å². The zero-order valence-electron chi connectivity index (χ0n) is 17.2. The van der Waals surface area contributed by atoms with Crippen molar-refractivity contribution in [3.63, 3.8) is 0 Å². The van der Waals surface area contributed by atoms with Gasteiger partial charge in [-0.05, 0) is 31.9 Å². The monoisotopic (exact) mass is 413 g/mol. The van der Waals surface area contributed by atoms with Gasteiger partial charge in [-0.3, -0.25) is 9.80 Å². The van der Waals surface area contributed by atoms with Gasteiger partial charge in [-0.1, -0.05) is 60.7 Å². The molecule has 0 aromatic heterocycles. The van der Waals surface area contributed by atoms with Crippen LogP contribution in [-0.2, 0) is 20.9 Å². The number of amides is 2. The van der Waals surface area contributed by atoms with Crippen LogP contribution in [0.25, 0.3) is 0 Å². The van der Waals surface area contributed by atoms with Crippen molar-refractivity contribution in [2.75, 3.05) is 0 Å². The van der Waals surface area contributed by atoms with E-state index in [9.17, 15) is 19.5 Å². The summed E-state index contributed by atoms with van der Waals surface area (Å²) in [6.45, 7) is 5.12. The van der Waals surface area contributed by atoms with Gasteiger partial charge in [-0.15, -0.1) is 0 Å². The summed E-state index contributed by atoms with van der Waals surface area (Å²) in [5.74, 6) is 2.44. The molecule has 0 aliphatic carbocycles. The lowest BCUT2D eigenvalue weighted by molar-refractivity contribution is -0.160. The molecule has 30 heavy (non-hydrogen) atoms. The summed E-state index contributed by atoms with van der Waals surface area (Å²) in [6.07, 6.45) is 0. The number of hydrogen-bond acceptors (Lipinski definition) is 5. The SMILES string of the molecule is CC(C)(C)OC(=O)C(c1ccccc1)[C@H](NC(=O)N(N)Cc1ccccc1)C(=O)O. The van der Waals surface area contributed by atoms with Crippen LogP contribution in [0.4, 0.5) is 4.79 Å². The van der Waals surface area contributed by atoms with Crippen LogP contribution in [0.1, 0.15) is 37.8 Å². The van der Waals surface area contributed by atoms with Crippen LogP contribution in [-0.4, -0.2) is 39.7 Å². The van der Waals surface area contributed by atoms with Crippen molar-refractivity contribution in [2.45, 2.75) is 44.9 Å². The predicted octanol–water partition coefficient (Wildman–Crippen LogP) is 2.65. The second kappa shape index (κ2) is 9.89. The summed E-state index contributed by atoms with van der Waals surface area (Å²) in [5, 5.41) is 13.0. The third-order valence-corrected chi connectivity index (χ3v) is 4.15. The first kappa shape index (κ1) is 22.9. The number of carboxylic acids is 1. The van der Waals surface area contributed by atoms with Crippen molar-refractivity contribution in [3.8, 4) is 0 Å². The Hall–Kier alpha value is -3.39. The number of rotatable bonds is 7. The fourth-order valence-electron chi connectivity index (χ4n) is 2.85. The summed E-state index contributed by atoms with van der Waals surface area (Å²) in [6, 6.07) is 14.9. The third-order valence-electron chi connectivity index (χ3n) is 4.15. The average Bonchev–Trinajstić information content (AvgIpc) is 2.67. The van der Waals surface area contributed by atoms with E-state index in [-0.39, 0.29) is 6.54 Å². The minimum Gasteiger partial charge on any atom is -0.480 e. The molecule has 2 aromatic carbocycles. The molecule has 8 nitrogen and oxygen atoms in total. The number of esters is 1. The van der Waals surface area contributed by atoms with Gasteiger partial charge in [0.2, 0.25) is 0 Å². The molecule has 0 saturated carbocycles. The highest BCUT2D eigenvalue weighted by molar-refractivity contribution is 5.91. The minimum atomic E-state index is -1.57. The summed E-state index contributed by atoms with van der Waals surface area (Å²) in [5.41, 5.74) is 0.351. The molecule has 0 aliphatic rings. The summed E-state index contributed by atoms with van der Waals surface area (Å²) >= 11 is 0. The van der Waals surface area contributed by atoms with E-state index >= 15 is 0 Å². The Kier molecular flexibility index (Phi) is 7.54. The quantitative estimate of drug-likeness (QED) is 0.278. The first-order valence-electron chi connectivity index (χ1n) is 9.46. The summed E-state index contributed by atoms with van der Waals surface area (Å²) in [7, 11) is 0. The highest BCUT2D eigenvalue weighted by Crippen LogP contribution is 2.25. The number of hydrazine groups is 1. The number of nitrogens with two attached hydrogens (primary N) is 1. The Morgan fingerprint density at radius 2 is 1.57 bits per heavy atom. The molecule has 0 bridgehead atoms. The number of nitrogens with zero attached hydrogens (tertiary/aromatic N) is 1. The lowest BCUT2D eigenvalue weighted by atomic mass is 9.91. The molecule has 8 heteroatoms. The number of benzene rings is 2. The van der Waals surface area contributed by atoms with E-state index in [0.717, 1.165) is 10.6 Å². The molecular formula is C22H27N3O5. The van der Waals surface area contributed by atoms with Crippen molar-refractivity contribution in [2.24, 2.45) is 5.84 Å². The van der Waals surface area contributed by atoms with Crippen LogP contribution in [0, 0.1) is 0 Å². The number of urea groups is 1. The molecule has 0 aliphatic heterocycles. The molecule has 2 amide bonds. The Bertz CT molecular complexity index is 865. The van der Waals surface area contributed by atoms with Crippen molar-refractivity contribution in [1.29, 1.82) is 0 Å². The van der Waals surface area contributed by atoms with Crippen LogP contribution >= 0.6 is 0 Å². The Labute approximate surface area is 175 Å². The molecule has 0 fully saturated rings. The first-order chi connectivity index (χ1) is 14.1. The van der Waals surface area contributed by atoms with E-state index in [2.05, 4.69) is 5.32 Å². The fourth-order valence-corrected chi connectivity index (χ4v) is 2.85. The topological polar surface area (TPSA) is 122 Å². The van der Waals surface area contributed by atoms with E-state index in [1.165, 1.54) is 0 Å². The van der Waals surface area contributed by atoms with Gasteiger partial charge in [0.1, 0.15) is 17.6 Å². The van der Waals surface area contributed by atoms with Crippen LogP contribution in [0.2, 0.25) is 0 Å². The molecule has 0 spiro atoms. The molecule has 2 atom stereocenters. The number of nitrogens with one attached hydrogen (secondary N) is 1. The molecule has 1 unspecified atom stereocenters. The van der Waals surface area contributed by atoms with E-state index in [0.29, 0.717) is 5.56 Å². The van der Waals surface area contributed by atoms with E-state index < -0.39 is 35.5 Å². The average molecular weight is 413 g/mol. The maximum absolute atomic E-state index is 12.9.